The van der Waals surface area contributed by atoms with E-state index in [1.165, 1.54) is 30.3 Å². The van der Waals surface area contributed by atoms with Gasteiger partial charge in [0.05, 0.1) is 38.0 Å². The number of hydrogen-bond acceptors (Lipinski definition) is 16. The van der Waals surface area contributed by atoms with E-state index in [0.717, 1.165) is 130 Å². The van der Waals surface area contributed by atoms with Crippen molar-refractivity contribution in [3.8, 4) is 34.5 Å². The molecule has 27 heteroatoms. The van der Waals surface area contributed by atoms with Gasteiger partial charge in [-0.05, 0) is 241 Å². The smallest absolute Gasteiger partial charge is 1.00 e. The Morgan fingerprint density at radius 2 is 0.918 bits per heavy atom. The Morgan fingerprint density at radius 3 is 1.29 bits per heavy atom. The summed E-state index contributed by atoms with van der Waals surface area (Å²) >= 11 is 23.9. The molecule has 98 heavy (non-hydrogen) atoms. The topological polar surface area (TPSA) is 253 Å². The van der Waals surface area contributed by atoms with Crippen LogP contribution in [-0.4, -0.2) is 75.3 Å². The minimum absolute atomic E-state index is 0. The van der Waals surface area contributed by atoms with Crippen LogP contribution >= 0.6 is 46.4 Å². The number of carboxylic acids is 1. The van der Waals surface area contributed by atoms with E-state index in [1.54, 1.807) is 32.0 Å². The maximum atomic E-state index is 14.8. The number of fused-ring (bicyclic) bond motifs is 6. The van der Waals surface area contributed by atoms with Crippen LogP contribution < -0.4 is 186 Å². The number of phenols is 1. The van der Waals surface area contributed by atoms with Crippen LogP contribution in [0.15, 0.2) is 72.8 Å². The van der Waals surface area contributed by atoms with Crippen LogP contribution in [0.4, 0.5) is 13.2 Å². The van der Waals surface area contributed by atoms with Gasteiger partial charge in [-0.25, -0.2) is 13.2 Å². The number of aliphatic carboxylic acids is 1. The average molecular weight is 1670 g/mol. The maximum absolute atomic E-state index is 14.8. The van der Waals surface area contributed by atoms with Gasteiger partial charge in [-0.2, -0.15) is 0 Å². The summed E-state index contributed by atoms with van der Waals surface area (Å²) in [6, 6.07) is 19.9. The first-order chi connectivity index (χ1) is 44.4. The number of hydrogen-bond donors (Lipinski definition) is 2. The number of ether oxygens (including phenoxy) is 7. The fourth-order valence-corrected chi connectivity index (χ4v) is 13.7. The van der Waals surface area contributed by atoms with Gasteiger partial charge in [-0.15, -0.1) is 0 Å². The molecule has 3 heterocycles. The van der Waals surface area contributed by atoms with E-state index in [2.05, 4.69) is 4.89 Å². The number of carbonyl (C=O) groups excluding carboxylic acids is 4. The minimum atomic E-state index is -0.865. The van der Waals surface area contributed by atoms with E-state index in [-0.39, 0.29) is 266 Å². The van der Waals surface area contributed by atoms with Crippen LogP contribution in [0.2, 0.25) is 15.1 Å². The summed E-state index contributed by atoms with van der Waals surface area (Å²) in [7, 11) is 0. The summed E-state index contributed by atoms with van der Waals surface area (Å²) in [5.41, 5.74) is 9.45. The van der Waals surface area contributed by atoms with Crippen molar-refractivity contribution in [2.75, 3.05) is 13.2 Å². The molecule has 0 radical (unpaired) electrons. The molecule has 0 saturated heterocycles. The molecule has 0 saturated carbocycles. The molecule has 3 aliphatic carbocycles. The van der Waals surface area contributed by atoms with E-state index in [0.29, 0.717) is 39.6 Å². The van der Waals surface area contributed by atoms with Crippen molar-refractivity contribution < 1.29 is 254 Å². The van der Waals surface area contributed by atoms with Crippen LogP contribution in [0.1, 0.15) is 185 Å². The number of benzene rings is 6. The Morgan fingerprint density at radius 1 is 0.571 bits per heavy atom. The molecule has 6 aromatic carbocycles. The molecule has 514 valence electrons. The van der Waals surface area contributed by atoms with E-state index in [4.69, 9.17) is 94.7 Å². The zero-order chi connectivity index (χ0) is 68.6. The summed E-state index contributed by atoms with van der Waals surface area (Å²) in [6.07, 6.45) is 7.47. The number of rotatable bonds is 16. The largest absolute Gasteiger partial charge is 1.00 e. The summed E-state index contributed by atoms with van der Waals surface area (Å²) in [4.78, 5) is 56.7. The van der Waals surface area contributed by atoms with Crippen LogP contribution in [0.3, 0.4) is 0 Å². The van der Waals surface area contributed by atoms with E-state index < -0.39 is 28.7 Å². The van der Waals surface area contributed by atoms with Gasteiger partial charge in [-0.1, -0.05) is 34.8 Å². The van der Waals surface area contributed by atoms with Crippen LogP contribution in [0, 0.1) is 17.5 Å². The molecular formula is C71H76Cl4Cs2F3LiO17. The number of carbonyl (C=O) groups is 5. The molecule has 0 spiro atoms. The first kappa shape index (κ1) is 87.6. The summed E-state index contributed by atoms with van der Waals surface area (Å²) in [5, 5.41) is 27.9. The number of aromatic hydroxyl groups is 1. The molecule has 0 bridgehead atoms. The molecule has 3 atom stereocenters. The first-order valence-electron chi connectivity index (χ1n) is 30.8. The second kappa shape index (κ2) is 38.8. The summed E-state index contributed by atoms with van der Waals surface area (Å²) < 4.78 is 82.0. The Hall–Kier alpha value is -2.76. The quantitative estimate of drug-likeness (QED) is 0.0267. The van der Waals surface area contributed by atoms with Crippen molar-refractivity contribution in [2.24, 2.45) is 0 Å². The molecule has 3 aliphatic heterocycles. The third kappa shape index (κ3) is 23.6. The molecule has 6 aromatic rings. The van der Waals surface area contributed by atoms with Crippen molar-refractivity contribution in [1.82, 2.24) is 0 Å². The normalized spacial score (nSPS) is 17.0. The standard InChI is InChI=1S/C24H26ClFO4.C22H22ClFO4.C13H15FO3.C11H10Cl2O2.CH2O3.2Cs.Li.H2O.H/c1-4-28-22(27)10-15-6-5-14-9-21(20(26)11-19(14)15)29-13-17-8-18(25)7-16-12-24(2,3)30-23(16)17;1-22(2)10-14-5-16(23)6-15(21(14)28-22)11-27-19-7-12-3-4-13(8-20(25)26)17(12)9-18(19)24;1-2-17-13(16)6-9-4-3-8-5-12(15)11(14)7-10(8)9;1-11(2)5-6-3-7(12)4-8(10(13)14)9(6)15-11;2-1-4-3;;;;;/h7-9,11,15H,4-6,10,12-13H2,1-3H3;5-7,9,13H,3-4,8,10-11H2,1-2H3,(H,25,26);5,7,9,15H,2-4,6H2,1H3;3-4H,5H2,1-2H3;1,3H;;;;1H2;/q;;;;;3*+1;;-1/p-2. The Bertz CT molecular complexity index is 3870. The maximum Gasteiger partial charge on any atom is 1.00 e. The molecule has 17 nitrogen and oxygen atoms in total. The third-order valence-corrected chi connectivity index (χ3v) is 17.5. The second-order valence-corrected chi connectivity index (χ2v) is 27.1. The second-order valence-electron chi connectivity index (χ2n) is 25.5. The SMILES string of the molecule is CC1(C)Cc2cc(Cl)cc(C(=O)Cl)c2O1.CC1(C)Cc2cc(Cl)cc(COc3cc4c(cc3F)C(CC(=O)O)CC4)c2O1.CCOC(=O)CC1CCc2cc(O)c(F)cc21.CCOC(=O)CC1CCc2cc(OCc3cc(Cl)cc4c3OC(C)(C)C4)c(F)cc21.O=CO[O-].[Cs+].[Cs+].[H-].[Li+].[OH-]. The molecule has 0 aromatic heterocycles. The van der Waals surface area contributed by atoms with Crippen LogP contribution in [-0.2, 0) is 85.3 Å². The molecular weight excluding hydrogens is 1600 g/mol. The first-order valence-corrected chi connectivity index (χ1v) is 32.3. The fraction of sp³-hybridized carbons (Fsp3) is 0.423. The van der Waals surface area contributed by atoms with Gasteiger partial charge in [0.1, 0.15) is 47.3 Å². The van der Waals surface area contributed by atoms with Gasteiger partial charge in [0.25, 0.3) is 11.7 Å². The zero-order valence-corrected chi connectivity index (χ0v) is 72.3. The third-order valence-electron chi connectivity index (χ3n) is 16.6. The predicted octanol–water partition coefficient (Wildman–Crippen LogP) is 6.36. The predicted molar refractivity (Wildman–Crippen MR) is 347 cm³/mol. The van der Waals surface area contributed by atoms with Crippen LogP contribution in [0.25, 0.3) is 0 Å². The number of phenolic OH excluding ortho intramolecular Hbond substituents is 1. The van der Waals surface area contributed by atoms with E-state index in [1.807, 2.05) is 65.8 Å². The van der Waals surface area contributed by atoms with Gasteiger partial charge in [0, 0.05) is 51.0 Å². The van der Waals surface area contributed by atoms with E-state index in [9.17, 15) is 37.5 Å². The summed E-state index contributed by atoms with van der Waals surface area (Å²) in [5.74, 6) is -0.847. The van der Waals surface area contributed by atoms with Gasteiger partial charge in [0.15, 0.2) is 34.7 Å². The van der Waals surface area contributed by atoms with Gasteiger partial charge >= 0.3 is 175 Å². The number of esters is 2. The Kier molecular flexibility index (Phi) is 34.7. The minimum Gasteiger partial charge on any atom is -1.00 e. The zero-order valence-electron chi connectivity index (χ0n) is 57.8. The van der Waals surface area contributed by atoms with Gasteiger partial charge in [-0.3, -0.25) is 24.0 Å². The number of halogens is 7. The molecule has 12 rings (SSSR count). The van der Waals surface area contributed by atoms with Crippen molar-refractivity contribution >= 4 is 76.0 Å². The Labute approximate surface area is 719 Å². The van der Waals surface area contributed by atoms with Crippen LogP contribution in [0.5, 0.6) is 34.5 Å². The fourth-order valence-electron chi connectivity index (χ4n) is 12.8. The Balaban J connectivity index is 0.000000343. The average Bonchev–Trinajstić information content (AvgIpc) is 1.68. The summed E-state index contributed by atoms with van der Waals surface area (Å²) in [6.45, 7) is 16.4. The molecule has 0 fully saturated rings. The van der Waals surface area contributed by atoms with Gasteiger partial charge in [0.2, 0.25) is 0 Å². The monoisotopic (exact) mass is 1670 g/mol. The van der Waals surface area contributed by atoms with Crippen molar-refractivity contribution in [2.45, 2.75) is 180 Å². The molecule has 6 aliphatic rings. The van der Waals surface area contributed by atoms with Crippen molar-refractivity contribution in [3.05, 3.63) is 172 Å². The van der Waals surface area contributed by atoms with Crippen molar-refractivity contribution in [1.29, 1.82) is 0 Å². The van der Waals surface area contributed by atoms with E-state index >= 15 is 0 Å². The number of carboxylic acid groups (broad SMARTS) is 1. The molecule has 3 N–H and O–H groups in total. The molecule has 3 unspecified atom stereocenters. The molecule has 0 amide bonds. The van der Waals surface area contributed by atoms with Crippen molar-refractivity contribution in [3.63, 3.8) is 0 Å². The van der Waals surface area contributed by atoms with Gasteiger partial charge < -0.3 is 60.4 Å². The number of aryl methyl sites for hydroxylation is 3.